The second-order valence-electron chi connectivity index (χ2n) is 6.17. The van der Waals surface area contributed by atoms with Crippen LogP contribution >= 0.6 is 0 Å². The van der Waals surface area contributed by atoms with Crippen molar-refractivity contribution in [1.29, 1.82) is 0 Å². The number of hydrogen-bond donors (Lipinski definition) is 0. The van der Waals surface area contributed by atoms with Crippen LogP contribution in [0, 0.1) is 5.82 Å². The summed E-state index contributed by atoms with van der Waals surface area (Å²) in [4.78, 5) is 6.42. The number of morpholine rings is 1. The highest BCUT2D eigenvalue weighted by atomic mass is 32.2. The summed E-state index contributed by atoms with van der Waals surface area (Å²) >= 11 is 0. The molecule has 140 valence electrons. The van der Waals surface area contributed by atoms with E-state index < -0.39 is 10.0 Å². The molecular formula is C18H22FN3O3S. The molecule has 6 nitrogen and oxygen atoms in total. The lowest BCUT2D eigenvalue weighted by atomic mass is 10.1. The van der Waals surface area contributed by atoms with E-state index in [-0.39, 0.29) is 10.7 Å². The molecule has 3 rings (SSSR count). The molecule has 1 aromatic heterocycles. The number of pyridine rings is 1. The molecule has 1 aliphatic heterocycles. The second-order valence-corrected chi connectivity index (χ2v) is 8.10. The van der Waals surface area contributed by atoms with E-state index in [0.717, 1.165) is 12.0 Å². The van der Waals surface area contributed by atoms with Crippen molar-refractivity contribution in [3.05, 3.63) is 54.0 Å². The summed E-state index contributed by atoms with van der Waals surface area (Å²) in [5.74, 6) is 0.439. The number of rotatable bonds is 6. The number of nitrogens with zero attached hydrogens (tertiary/aromatic N) is 3. The zero-order valence-electron chi connectivity index (χ0n) is 14.6. The molecule has 1 aromatic carbocycles. The Morgan fingerprint density at radius 1 is 1.15 bits per heavy atom. The van der Waals surface area contributed by atoms with Crippen LogP contribution < -0.4 is 4.90 Å². The Morgan fingerprint density at radius 3 is 2.46 bits per heavy atom. The Hall–Kier alpha value is -2.03. The molecule has 0 amide bonds. The average molecular weight is 379 g/mol. The van der Waals surface area contributed by atoms with Crippen molar-refractivity contribution in [1.82, 2.24) is 9.29 Å². The molecular weight excluding hydrogens is 357 g/mol. The molecule has 0 unspecified atom stereocenters. The fourth-order valence-electron chi connectivity index (χ4n) is 2.75. The molecule has 0 N–H and O–H groups in total. The Bertz CT molecular complexity index is 820. The van der Waals surface area contributed by atoms with Crippen LogP contribution in [0.4, 0.5) is 10.2 Å². The molecule has 0 radical (unpaired) electrons. The molecule has 8 heteroatoms. The van der Waals surface area contributed by atoms with Gasteiger partial charge in [0.15, 0.2) is 0 Å². The normalized spacial score (nSPS) is 15.8. The van der Waals surface area contributed by atoms with Gasteiger partial charge in [-0.1, -0.05) is 12.1 Å². The van der Waals surface area contributed by atoms with Gasteiger partial charge >= 0.3 is 0 Å². The maximum absolute atomic E-state index is 12.9. The summed E-state index contributed by atoms with van der Waals surface area (Å²) in [6, 6.07) is 9.69. The van der Waals surface area contributed by atoms with E-state index in [1.54, 1.807) is 24.3 Å². The zero-order valence-corrected chi connectivity index (χ0v) is 15.5. The lowest BCUT2D eigenvalue weighted by Gasteiger charge is -2.26. The summed E-state index contributed by atoms with van der Waals surface area (Å²) < 4.78 is 44.7. The van der Waals surface area contributed by atoms with E-state index in [2.05, 4.69) is 4.98 Å². The highest BCUT2D eigenvalue weighted by Gasteiger charge is 2.26. The molecule has 2 aromatic rings. The van der Waals surface area contributed by atoms with Crippen molar-refractivity contribution in [2.45, 2.75) is 11.3 Å². The van der Waals surface area contributed by atoms with Crippen LogP contribution in [0.3, 0.4) is 0 Å². The molecule has 0 bridgehead atoms. The maximum atomic E-state index is 12.9. The van der Waals surface area contributed by atoms with E-state index in [9.17, 15) is 12.8 Å². The van der Waals surface area contributed by atoms with Crippen LogP contribution in [-0.4, -0.2) is 57.6 Å². The fraction of sp³-hybridized carbons (Fsp3) is 0.389. The monoisotopic (exact) mass is 379 g/mol. The van der Waals surface area contributed by atoms with Gasteiger partial charge in [-0.15, -0.1) is 0 Å². The van der Waals surface area contributed by atoms with Crippen LogP contribution in [0.1, 0.15) is 5.56 Å². The van der Waals surface area contributed by atoms with Gasteiger partial charge in [0.2, 0.25) is 10.0 Å². The number of halogens is 1. The van der Waals surface area contributed by atoms with Gasteiger partial charge in [0.25, 0.3) is 0 Å². The highest BCUT2D eigenvalue weighted by molar-refractivity contribution is 7.89. The maximum Gasteiger partial charge on any atom is 0.244 e. The molecule has 1 saturated heterocycles. The van der Waals surface area contributed by atoms with Gasteiger partial charge in [-0.25, -0.2) is 17.8 Å². The Kier molecular flexibility index (Phi) is 5.85. The molecule has 0 saturated carbocycles. The standard InChI is InChI=1S/C18H22FN3O3S/c1-21(9-8-15-2-4-16(19)5-3-15)18-7-6-17(14-20-18)26(23,24)22-10-12-25-13-11-22/h2-7,14H,8-13H2,1H3. The fourth-order valence-corrected chi connectivity index (χ4v) is 4.10. The summed E-state index contributed by atoms with van der Waals surface area (Å²) in [6.07, 6.45) is 2.14. The van der Waals surface area contributed by atoms with Gasteiger partial charge in [-0.05, 0) is 36.2 Å². The third-order valence-corrected chi connectivity index (χ3v) is 6.25. The summed E-state index contributed by atoms with van der Waals surface area (Å²) in [6.45, 7) is 2.24. The lowest BCUT2D eigenvalue weighted by molar-refractivity contribution is 0.0730. The minimum Gasteiger partial charge on any atom is -0.379 e. The minimum absolute atomic E-state index is 0.190. The topological polar surface area (TPSA) is 62.7 Å². The van der Waals surface area contributed by atoms with Crippen molar-refractivity contribution in [2.24, 2.45) is 0 Å². The van der Waals surface area contributed by atoms with Crippen molar-refractivity contribution in [3.8, 4) is 0 Å². The number of hydrogen-bond acceptors (Lipinski definition) is 5. The van der Waals surface area contributed by atoms with Crippen molar-refractivity contribution in [2.75, 3.05) is 44.8 Å². The van der Waals surface area contributed by atoms with Crippen LogP contribution in [-0.2, 0) is 21.2 Å². The Balaban J connectivity index is 1.63. The van der Waals surface area contributed by atoms with E-state index in [4.69, 9.17) is 4.74 Å². The first-order chi connectivity index (χ1) is 12.5. The Morgan fingerprint density at radius 2 is 1.85 bits per heavy atom. The quantitative estimate of drug-likeness (QED) is 0.767. The van der Waals surface area contributed by atoms with E-state index in [1.165, 1.54) is 22.6 Å². The van der Waals surface area contributed by atoms with Gasteiger partial charge < -0.3 is 9.64 Å². The summed E-state index contributed by atoms with van der Waals surface area (Å²) in [5, 5.41) is 0. The first-order valence-corrected chi connectivity index (χ1v) is 9.90. The van der Waals surface area contributed by atoms with E-state index >= 15 is 0 Å². The van der Waals surface area contributed by atoms with Crippen LogP contribution in [0.5, 0.6) is 0 Å². The average Bonchev–Trinajstić information content (AvgIpc) is 2.68. The highest BCUT2D eigenvalue weighted by Crippen LogP contribution is 2.19. The van der Waals surface area contributed by atoms with Gasteiger partial charge in [0, 0.05) is 32.9 Å². The first-order valence-electron chi connectivity index (χ1n) is 8.46. The largest absolute Gasteiger partial charge is 0.379 e. The van der Waals surface area contributed by atoms with Gasteiger partial charge in [-0.3, -0.25) is 0 Å². The van der Waals surface area contributed by atoms with Crippen LogP contribution in [0.2, 0.25) is 0 Å². The van der Waals surface area contributed by atoms with E-state index in [0.29, 0.717) is 38.7 Å². The number of anilines is 1. The third kappa shape index (κ3) is 4.38. The van der Waals surface area contributed by atoms with Crippen molar-refractivity contribution < 1.29 is 17.5 Å². The second kappa shape index (κ2) is 8.11. The molecule has 2 heterocycles. The lowest BCUT2D eigenvalue weighted by Crippen LogP contribution is -2.40. The molecule has 0 atom stereocenters. The number of likely N-dealkylation sites (N-methyl/N-ethyl adjacent to an activating group) is 1. The molecule has 0 spiro atoms. The molecule has 0 aliphatic carbocycles. The van der Waals surface area contributed by atoms with Crippen molar-refractivity contribution >= 4 is 15.8 Å². The van der Waals surface area contributed by atoms with Gasteiger partial charge in [0.1, 0.15) is 16.5 Å². The van der Waals surface area contributed by atoms with Gasteiger partial charge in [0.05, 0.1) is 13.2 Å². The summed E-state index contributed by atoms with van der Waals surface area (Å²) in [7, 11) is -1.64. The number of benzene rings is 1. The molecule has 1 fully saturated rings. The predicted octanol–water partition coefficient (Wildman–Crippen LogP) is 1.92. The van der Waals surface area contributed by atoms with Crippen molar-refractivity contribution in [3.63, 3.8) is 0 Å². The van der Waals surface area contributed by atoms with Crippen LogP contribution in [0.15, 0.2) is 47.5 Å². The number of ether oxygens (including phenoxy) is 1. The summed E-state index contributed by atoms with van der Waals surface area (Å²) in [5.41, 5.74) is 1.03. The van der Waals surface area contributed by atoms with Crippen LogP contribution in [0.25, 0.3) is 0 Å². The first kappa shape index (κ1) is 18.8. The van der Waals surface area contributed by atoms with E-state index in [1.807, 2.05) is 11.9 Å². The predicted molar refractivity (Wildman–Crippen MR) is 97.2 cm³/mol. The number of sulfonamides is 1. The Labute approximate surface area is 153 Å². The number of aromatic nitrogens is 1. The molecule has 1 aliphatic rings. The van der Waals surface area contributed by atoms with Gasteiger partial charge in [-0.2, -0.15) is 4.31 Å². The minimum atomic E-state index is -3.53. The third-order valence-electron chi connectivity index (χ3n) is 4.37. The SMILES string of the molecule is CN(CCc1ccc(F)cc1)c1ccc(S(=O)(=O)N2CCOCC2)cn1. The zero-order chi connectivity index (χ0) is 18.6. The smallest absolute Gasteiger partial charge is 0.244 e. The molecule has 26 heavy (non-hydrogen) atoms.